The molecule has 0 saturated carbocycles. The van der Waals surface area contributed by atoms with Gasteiger partial charge in [0.1, 0.15) is 0 Å². The summed E-state index contributed by atoms with van der Waals surface area (Å²) in [6, 6.07) is 7.24. The summed E-state index contributed by atoms with van der Waals surface area (Å²) < 4.78 is 0. The first-order chi connectivity index (χ1) is 8.81. The molecule has 0 bridgehead atoms. The van der Waals surface area contributed by atoms with Crippen molar-refractivity contribution in [2.75, 3.05) is 19.6 Å². The summed E-state index contributed by atoms with van der Waals surface area (Å²) in [5.74, 6) is 0. The van der Waals surface area contributed by atoms with E-state index in [1.807, 2.05) is 12.3 Å². The van der Waals surface area contributed by atoms with E-state index >= 15 is 0 Å². The van der Waals surface area contributed by atoms with Crippen LogP contribution in [0.5, 0.6) is 0 Å². The first-order valence-electron chi connectivity index (χ1n) is 7.19. The largest absolute Gasteiger partial charge is 0.313 e. The number of nitrogens with one attached hydrogen (secondary N) is 1. The standard InChI is InChI=1S/C15H25N3/c1-3-18(12-14-8-4-6-10-16-14)13(2)15-9-5-7-11-17-15/h5,7,9,11,13-14,16H,3-4,6,8,10,12H2,1-2H3. The van der Waals surface area contributed by atoms with Crippen molar-refractivity contribution in [1.82, 2.24) is 15.2 Å². The molecule has 0 spiro atoms. The first kappa shape index (κ1) is 13.5. The van der Waals surface area contributed by atoms with Gasteiger partial charge in [0, 0.05) is 24.8 Å². The van der Waals surface area contributed by atoms with Crippen molar-refractivity contribution in [3.8, 4) is 0 Å². The molecule has 3 heteroatoms. The summed E-state index contributed by atoms with van der Waals surface area (Å²) in [5.41, 5.74) is 1.18. The number of pyridine rings is 1. The fourth-order valence-corrected chi connectivity index (χ4v) is 2.73. The Morgan fingerprint density at radius 3 is 2.94 bits per heavy atom. The molecule has 1 aliphatic heterocycles. The molecule has 100 valence electrons. The Labute approximate surface area is 111 Å². The zero-order chi connectivity index (χ0) is 12.8. The minimum Gasteiger partial charge on any atom is -0.313 e. The van der Waals surface area contributed by atoms with Gasteiger partial charge in [-0.25, -0.2) is 0 Å². The Hall–Kier alpha value is -0.930. The monoisotopic (exact) mass is 247 g/mol. The van der Waals surface area contributed by atoms with Crippen molar-refractivity contribution in [3.05, 3.63) is 30.1 Å². The second-order valence-electron chi connectivity index (χ2n) is 5.16. The predicted molar refractivity (Wildman–Crippen MR) is 75.5 cm³/mol. The molecule has 1 aromatic rings. The van der Waals surface area contributed by atoms with E-state index in [0.29, 0.717) is 12.1 Å². The van der Waals surface area contributed by atoms with Crippen LogP contribution in [0.1, 0.15) is 44.8 Å². The van der Waals surface area contributed by atoms with Gasteiger partial charge in [0.25, 0.3) is 0 Å². The van der Waals surface area contributed by atoms with Crippen LogP contribution in [-0.2, 0) is 0 Å². The van der Waals surface area contributed by atoms with E-state index in [2.05, 4.69) is 41.2 Å². The van der Waals surface area contributed by atoms with E-state index in [-0.39, 0.29) is 0 Å². The molecule has 0 aliphatic carbocycles. The van der Waals surface area contributed by atoms with E-state index in [4.69, 9.17) is 0 Å². The Balaban J connectivity index is 1.95. The van der Waals surface area contributed by atoms with Gasteiger partial charge in [0.15, 0.2) is 0 Å². The van der Waals surface area contributed by atoms with Crippen molar-refractivity contribution >= 4 is 0 Å². The lowest BCUT2D eigenvalue weighted by atomic mass is 10.0. The van der Waals surface area contributed by atoms with E-state index in [1.54, 1.807) is 0 Å². The third kappa shape index (κ3) is 3.53. The van der Waals surface area contributed by atoms with Crippen LogP contribution >= 0.6 is 0 Å². The number of piperidine rings is 1. The zero-order valence-corrected chi connectivity index (χ0v) is 11.6. The number of rotatable bonds is 5. The second-order valence-corrected chi connectivity index (χ2v) is 5.16. The van der Waals surface area contributed by atoms with Crippen molar-refractivity contribution in [2.24, 2.45) is 0 Å². The Bertz CT molecular complexity index is 333. The highest BCUT2D eigenvalue weighted by molar-refractivity contribution is 5.08. The summed E-state index contributed by atoms with van der Waals surface area (Å²) in [4.78, 5) is 7.00. The molecular formula is C15H25N3. The summed E-state index contributed by atoms with van der Waals surface area (Å²) in [5, 5.41) is 3.63. The van der Waals surface area contributed by atoms with Gasteiger partial charge < -0.3 is 5.32 Å². The number of hydrogen-bond donors (Lipinski definition) is 1. The molecule has 2 atom stereocenters. The van der Waals surface area contributed by atoms with Crippen LogP contribution in [0, 0.1) is 0 Å². The molecule has 1 aliphatic rings. The van der Waals surface area contributed by atoms with Crippen LogP contribution < -0.4 is 5.32 Å². The van der Waals surface area contributed by atoms with Crippen LogP contribution in [0.4, 0.5) is 0 Å². The SMILES string of the molecule is CCN(CC1CCCCN1)C(C)c1ccccn1. The van der Waals surface area contributed by atoms with Gasteiger partial charge >= 0.3 is 0 Å². The van der Waals surface area contributed by atoms with Gasteiger partial charge in [-0.05, 0) is 45.0 Å². The minimum atomic E-state index is 0.403. The fourth-order valence-electron chi connectivity index (χ4n) is 2.73. The normalized spacial score (nSPS) is 22.1. The van der Waals surface area contributed by atoms with E-state index in [0.717, 1.165) is 13.1 Å². The average Bonchev–Trinajstić information content (AvgIpc) is 2.46. The molecule has 1 N–H and O–H groups in total. The van der Waals surface area contributed by atoms with Crippen molar-refractivity contribution in [3.63, 3.8) is 0 Å². The first-order valence-corrected chi connectivity index (χ1v) is 7.19. The zero-order valence-electron chi connectivity index (χ0n) is 11.6. The van der Waals surface area contributed by atoms with E-state index in [1.165, 1.54) is 31.5 Å². The molecular weight excluding hydrogens is 222 g/mol. The van der Waals surface area contributed by atoms with Crippen LogP contribution in [-0.4, -0.2) is 35.6 Å². The lowest BCUT2D eigenvalue weighted by Gasteiger charge is -2.33. The topological polar surface area (TPSA) is 28.2 Å². The summed E-state index contributed by atoms with van der Waals surface area (Å²) >= 11 is 0. The predicted octanol–water partition coefficient (Wildman–Crippen LogP) is 2.61. The molecule has 0 aromatic carbocycles. The maximum atomic E-state index is 4.48. The Morgan fingerprint density at radius 2 is 2.33 bits per heavy atom. The van der Waals surface area contributed by atoms with Crippen LogP contribution in [0.25, 0.3) is 0 Å². The quantitative estimate of drug-likeness (QED) is 0.867. The molecule has 0 amide bonds. The van der Waals surface area contributed by atoms with Gasteiger partial charge in [-0.15, -0.1) is 0 Å². The Morgan fingerprint density at radius 1 is 1.44 bits per heavy atom. The Kier molecular flexibility index (Phi) is 5.14. The fraction of sp³-hybridized carbons (Fsp3) is 0.667. The summed E-state index contributed by atoms with van der Waals surface area (Å²) in [7, 11) is 0. The second kappa shape index (κ2) is 6.86. The maximum Gasteiger partial charge on any atom is 0.0572 e. The number of aromatic nitrogens is 1. The highest BCUT2D eigenvalue weighted by Gasteiger charge is 2.20. The molecule has 2 unspecified atom stereocenters. The van der Waals surface area contributed by atoms with Crippen LogP contribution in [0.15, 0.2) is 24.4 Å². The third-order valence-electron chi connectivity index (χ3n) is 3.94. The molecule has 2 heterocycles. The van der Waals surface area contributed by atoms with Gasteiger partial charge in [-0.1, -0.05) is 19.4 Å². The average molecular weight is 247 g/mol. The van der Waals surface area contributed by atoms with Crippen molar-refractivity contribution in [2.45, 2.75) is 45.2 Å². The van der Waals surface area contributed by atoms with Crippen LogP contribution in [0.2, 0.25) is 0 Å². The summed E-state index contributed by atoms with van der Waals surface area (Å²) in [6.45, 7) is 7.89. The lowest BCUT2D eigenvalue weighted by molar-refractivity contribution is 0.182. The molecule has 1 saturated heterocycles. The molecule has 1 fully saturated rings. The number of likely N-dealkylation sites (N-methyl/N-ethyl adjacent to an activating group) is 1. The lowest BCUT2D eigenvalue weighted by Crippen LogP contribution is -2.44. The smallest absolute Gasteiger partial charge is 0.0572 e. The molecule has 3 nitrogen and oxygen atoms in total. The van der Waals surface area contributed by atoms with Gasteiger partial charge in [-0.2, -0.15) is 0 Å². The van der Waals surface area contributed by atoms with Crippen molar-refractivity contribution in [1.29, 1.82) is 0 Å². The van der Waals surface area contributed by atoms with Gasteiger partial charge in [0.2, 0.25) is 0 Å². The van der Waals surface area contributed by atoms with E-state index in [9.17, 15) is 0 Å². The molecule has 18 heavy (non-hydrogen) atoms. The van der Waals surface area contributed by atoms with Gasteiger partial charge in [0.05, 0.1) is 5.69 Å². The van der Waals surface area contributed by atoms with Gasteiger partial charge in [-0.3, -0.25) is 9.88 Å². The molecule has 1 aromatic heterocycles. The van der Waals surface area contributed by atoms with Crippen molar-refractivity contribution < 1.29 is 0 Å². The van der Waals surface area contributed by atoms with Crippen LogP contribution in [0.3, 0.4) is 0 Å². The highest BCUT2D eigenvalue weighted by Crippen LogP contribution is 2.19. The third-order valence-corrected chi connectivity index (χ3v) is 3.94. The number of nitrogens with zero attached hydrogens (tertiary/aromatic N) is 2. The number of hydrogen-bond acceptors (Lipinski definition) is 3. The molecule has 2 rings (SSSR count). The minimum absolute atomic E-state index is 0.403. The van der Waals surface area contributed by atoms with E-state index < -0.39 is 0 Å². The maximum absolute atomic E-state index is 4.48. The highest BCUT2D eigenvalue weighted by atomic mass is 15.2. The summed E-state index contributed by atoms with van der Waals surface area (Å²) in [6.07, 6.45) is 5.90. The molecule has 0 radical (unpaired) electrons.